The van der Waals surface area contributed by atoms with Gasteiger partial charge in [-0.2, -0.15) is 4.98 Å². The van der Waals surface area contributed by atoms with Crippen LogP contribution in [-0.2, 0) is 9.53 Å². The number of rotatable bonds is 8. The number of para-hydroxylation sites is 2. The van der Waals surface area contributed by atoms with Gasteiger partial charge in [0.25, 0.3) is 0 Å². The van der Waals surface area contributed by atoms with Gasteiger partial charge in [-0.05, 0) is 25.1 Å². The van der Waals surface area contributed by atoms with Crippen LogP contribution in [0.3, 0.4) is 0 Å². The van der Waals surface area contributed by atoms with E-state index in [-0.39, 0.29) is 6.61 Å². The number of carbonyl (C=O) groups is 1. The molecule has 0 fully saturated rings. The Hall–Kier alpha value is -3.59. The molecule has 1 N–H and O–H groups in total. The second kappa shape index (κ2) is 10.1. The molecule has 0 saturated carbocycles. The van der Waals surface area contributed by atoms with Crippen LogP contribution in [0.15, 0.2) is 66.3 Å². The zero-order valence-corrected chi connectivity index (χ0v) is 18.3. The van der Waals surface area contributed by atoms with Crippen molar-refractivity contribution in [1.82, 2.24) is 15.2 Å². The van der Waals surface area contributed by atoms with Crippen LogP contribution in [-0.4, -0.2) is 40.1 Å². The van der Waals surface area contributed by atoms with Gasteiger partial charge in [-0.15, -0.1) is 16.8 Å². The normalized spacial score (nSPS) is 14.1. The first-order chi connectivity index (χ1) is 15.7. The van der Waals surface area contributed by atoms with Crippen molar-refractivity contribution in [2.24, 2.45) is 0 Å². The predicted molar refractivity (Wildman–Crippen MR) is 122 cm³/mol. The van der Waals surface area contributed by atoms with E-state index in [1.807, 2.05) is 42.5 Å². The van der Waals surface area contributed by atoms with Crippen molar-refractivity contribution < 1.29 is 19.0 Å². The first-order valence-electron chi connectivity index (χ1n) is 10.1. The minimum absolute atomic E-state index is 0.198. The Morgan fingerprint density at radius 2 is 2.03 bits per heavy atom. The summed E-state index contributed by atoms with van der Waals surface area (Å²) in [5.74, 6) is 1.08. The van der Waals surface area contributed by atoms with E-state index in [0.29, 0.717) is 40.4 Å². The van der Waals surface area contributed by atoms with Crippen molar-refractivity contribution in [2.75, 3.05) is 24.3 Å². The Morgan fingerprint density at radius 1 is 1.22 bits per heavy atom. The topological polar surface area (TPSA) is 95.5 Å². The summed E-state index contributed by atoms with van der Waals surface area (Å²) in [6.45, 7) is 5.58. The van der Waals surface area contributed by atoms with Gasteiger partial charge in [0.1, 0.15) is 5.75 Å². The number of nitrogens with one attached hydrogen (secondary N) is 1. The van der Waals surface area contributed by atoms with Crippen molar-refractivity contribution in [1.29, 1.82) is 0 Å². The molecule has 164 valence electrons. The van der Waals surface area contributed by atoms with E-state index in [9.17, 15) is 4.79 Å². The van der Waals surface area contributed by atoms with Gasteiger partial charge in [0.2, 0.25) is 17.3 Å². The predicted octanol–water partition coefficient (Wildman–Crippen LogP) is 4.26. The van der Waals surface area contributed by atoms with E-state index in [1.54, 1.807) is 19.1 Å². The van der Waals surface area contributed by atoms with Crippen molar-refractivity contribution in [3.63, 3.8) is 0 Å². The van der Waals surface area contributed by atoms with E-state index in [0.717, 1.165) is 11.3 Å². The fraction of sp³-hybridized carbons (Fsp3) is 0.217. The Balaban J connectivity index is 1.70. The van der Waals surface area contributed by atoms with Crippen LogP contribution in [0.2, 0.25) is 0 Å². The number of carbonyl (C=O) groups excluding carboxylic acids is 1. The number of hydrogen-bond acceptors (Lipinski definition) is 9. The summed E-state index contributed by atoms with van der Waals surface area (Å²) in [5, 5.41) is 12.5. The van der Waals surface area contributed by atoms with Crippen molar-refractivity contribution in [3.8, 4) is 22.9 Å². The fourth-order valence-corrected chi connectivity index (χ4v) is 3.66. The molecule has 9 heteroatoms. The third-order valence-corrected chi connectivity index (χ3v) is 5.35. The minimum Gasteiger partial charge on any atom is -0.481 e. The second-order valence-electron chi connectivity index (χ2n) is 6.67. The second-order valence-corrected chi connectivity index (χ2v) is 7.65. The number of esters is 1. The maximum atomic E-state index is 11.8. The number of anilines is 1. The number of aromatic nitrogens is 3. The fourth-order valence-electron chi connectivity index (χ4n) is 3.15. The monoisotopic (exact) mass is 450 g/mol. The van der Waals surface area contributed by atoms with E-state index in [1.165, 1.54) is 11.8 Å². The molecule has 1 aromatic heterocycles. The molecule has 4 rings (SSSR count). The summed E-state index contributed by atoms with van der Waals surface area (Å²) in [5.41, 5.74) is 2.90. The van der Waals surface area contributed by atoms with Crippen molar-refractivity contribution in [2.45, 2.75) is 18.3 Å². The molecule has 1 atom stereocenters. The summed E-state index contributed by atoms with van der Waals surface area (Å²) in [6.07, 6.45) is 1.14. The van der Waals surface area contributed by atoms with Gasteiger partial charge in [-0.25, -0.2) is 4.79 Å². The molecule has 0 spiro atoms. The van der Waals surface area contributed by atoms with Crippen LogP contribution in [0.5, 0.6) is 11.6 Å². The van der Waals surface area contributed by atoms with Gasteiger partial charge in [0.05, 0.1) is 12.2 Å². The van der Waals surface area contributed by atoms with Gasteiger partial charge in [0, 0.05) is 17.0 Å². The van der Waals surface area contributed by atoms with Gasteiger partial charge >= 0.3 is 5.97 Å². The largest absolute Gasteiger partial charge is 0.481 e. The van der Waals surface area contributed by atoms with Crippen LogP contribution in [0, 0.1) is 0 Å². The van der Waals surface area contributed by atoms with Crippen LogP contribution in [0.1, 0.15) is 18.7 Å². The lowest BCUT2D eigenvalue weighted by Crippen LogP contribution is -2.20. The Morgan fingerprint density at radius 3 is 2.88 bits per heavy atom. The maximum absolute atomic E-state index is 11.8. The molecule has 0 amide bonds. The molecule has 8 nitrogen and oxygen atoms in total. The lowest BCUT2D eigenvalue weighted by atomic mass is 10.1. The van der Waals surface area contributed by atoms with Crippen LogP contribution in [0.4, 0.5) is 5.69 Å². The summed E-state index contributed by atoms with van der Waals surface area (Å²) in [7, 11) is 0. The molecule has 3 aromatic rings. The molecule has 2 heterocycles. The molecule has 0 bridgehead atoms. The number of hydrogen-bond donors (Lipinski definition) is 1. The highest BCUT2D eigenvalue weighted by atomic mass is 32.2. The highest BCUT2D eigenvalue weighted by Crippen LogP contribution is 2.41. The first-order valence-corrected chi connectivity index (χ1v) is 11.1. The smallest absolute Gasteiger partial charge is 0.344 e. The highest BCUT2D eigenvalue weighted by Gasteiger charge is 2.28. The average Bonchev–Trinajstić information content (AvgIpc) is 2.98. The third kappa shape index (κ3) is 4.83. The number of thioether (sulfide) groups is 1. The zero-order valence-electron chi connectivity index (χ0n) is 17.5. The molecular formula is C23H22N4O4S. The molecule has 0 saturated heterocycles. The molecule has 2 aromatic carbocycles. The van der Waals surface area contributed by atoms with E-state index in [4.69, 9.17) is 14.2 Å². The number of ether oxygens (including phenoxy) is 3. The quantitative estimate of drug-likeness (QED) is 0.307. The number of benzene rings is 2. The molecule has 1 aliphatic rings. The maximum Gasteiger partial charge on any atom is 0.344 e. The average molecular weight is 451 g/mol. The van der Waals surface area contributed by atoms with Crippen LogP contribution < -0.4 is 14.8 Å². The standard InChI is InChI=1S/C23H22N4O4S/c1-3-13-32-23-25-22-20(26-27-23)15-9-5-7-11-17(15)24-21(31-22)16-10-6-8-12-18(16)30-14-19(28)29-4-2/h3,5-12,21,24H,1,4,13-14H2,2H3/t21-/m1/s1. The lowest BCUT2D eigenvalue weighted by Gasteiger charge is -2.21. The SMILES string of the molecule is C=CCSc1nnc2c(n1)O[C@H](c1ccccc1OCC(=O)OCC)Nc1ccccc1-2. The molecular weight excluding hydrogens is 428 g/mol. The van der Waals surface area contributed by atoms with Crippen molar-refractivity contribution >= 4 is 23.4 Å². The molecule has 0 radical (unpaired) electrons. The molecule has 1 aliphatic heterocycles. The number of fused-ring (bicyclic) bond motifs is 3. The third-order valence-electron chi connectivity index (χ3n) is 4.52. The summed E-state index contributed by atoms with van der Waals surface area (Å²) in [6, 6.07) is 15.1. The lowest BCUT2D eigenvalue weighted by molar-refractivity contribution is -0.145. The van der Waals surface area contributed by atoms with E-state index >= 15 is 0 Å². The van der Waals surface area contributed by atoms with E-state index < -0.39 is 12.2 Å². The Kier molecular flexibility index (Phi) is 6.86. The number of nitrogens with zero attached hydrogens (tertiary/aromatic N) is 3. The zero-order chi connectivity index (χ0) is 22.3. The van der Waals surface area contributed by atoms with Gasteiger partial charge in [-0.3, -0.25) is 0 Å². The van der Waals surface area contributed by atoms with Gasteiger partial charge in [-0.1, -0.05) is 48.2 Å². The highest BCUT2D eigenvalue weighted by molar-refractivity contribution is 7.99. The van der Waals surface area contributed by atoms with Crippen LogP contribution >= 0.6 is 11.8 Å². The minimum atomic E-state index is -0.634. The van der Waals surface area contributed by atoms with Crippen molar-refractivity contribution in [3.05, 3.63) is 66.7 Å². The summed E-state index contributed by atoms with van der Waals surface area (Å²) >= 11 is 1.42. The van der Waals surface area contributed by atoms with Gasteiger partial charge in [0.15, 0.2) is 12.3 Å². The molecule has 0 unspecified atom stereocenters. The molecule has 32 heavy (non-hydrogen) atoms. The van der Waals surface area contributed by atoms with E-state index in [2.05, 4.69) is 27.1 Å². The Labute approximate surface area is 190 Å². The van der Waals surface area contributed by atoms with Gasteiger partial charge < -0.3 is 19.5 Å². The summed E-state index contributed by atoms with van der Waals surface area (Å²) in [4.78, 5) is 16.4. The molecule has 0 aliphatic carbocycles. The first kappa shape index (κ1) is 21.6. The summed E-state index contributed by atoms with van der Waals surface area (Å²) < 4.78 is 17.0. The Bertz CT molecular complexity index is 1120. The van der Waals surface area contributed by atoms with Crippen LogP contribution in [0.25, 0.3) is 11.3 Å².